The lowest BCUT2D eigenvalue weighted by atomic mass is 10.0. The number of nitrogens with zero attached hydrogens (tertiary/aromatic N) is 4. The molecule has 2 heterocycles. The monoisotopic (exact) mass is 312 g/mol. The molecule has 0 atom stereocenters. The van der Waals surface area contributed by atoms with Gasteiger partial charge in [-0.2, -0.15) is 0 Å². The summed E-state index contributed by atoms with van der Waals surface area (Å²) >= 11 is 0. The standard InChI is InChI=1S/C19H17BN4/c1-3-5-12-15(9-4-2)24-18(14-10-7-6-8-11-14)23-16-17(20)21-13-22-19(16)24/h3-13H,1-2H3/b5-3-,9-4-,15-12+. The normalized spacial score (nSPS) is 12.7. The minimum Gasteiger partial charge on any atom is -0.277 e. The molecule has 3 rings (SSSR count). The van der Waals surface area contributed by atoms with Gasteiger partial charge in [0.15, 0.2) is 5.65 Å². The number of hydrogen-bond donors (Lipinski definition) is 0. The van der Waals surface area contributed by atoms with Crippen LogP contribution in [-0.2, 0) is 0 Å². The summed E-state index contributed by atoms with van der Waals surface area (Å²) in [4.78, 5) is 13.2. The van der Waals surface area contributed by atoms with Gasteiger partial charge >= 0.3 is 0 Å². The van der Waals surface area contributed by atoms with E-state index in [1.54, 1.807) is 0 Å². The first-order valence-corrected chi connectivity index (χ1v) is 7.76. The zero-order chi connectivity index (χ0) is 16.9. The average molecular weight is 312 g/mol. The van der Waals surface area contributed by atoms with Gasteiger partial charge in [-0.3, -0.25) is 9.55 Å². The minimum absolute atomic E-state index is 0.377. The summed E-state index contributed by atoms with van der Waals surface area (Å²) in [5, 5.41) is 0. The van der Waals surface area contributed by atoms with Gasteiger partial charge in [-0.25, -0.2) is 9.97 Å². The maximum Gasteiger partial charge on any atom is 0.167 e. The molecule has 0 N–H and O–H groups in total. The van der Waals surface area contributed by atoms with Crippen molar-refractivity contribution in [3.05, 3.63) is 67.0 Å². The fourth-order valence-corrected chi connectivity index (χ4v) is 2.51. The Hall–Kier alpha value is -2.95. The number of rotatable bonds is 4. The third kappa shape index (κ3) is 2.93. The Morgan fingerprint density at radius 2 is 1.88 bits per heavy atom. The highest BCUT2D eigenvalue weighted by molar-refractivity contribution is 6.36. The second-order valence-corrected chi connectivity index (χ2v) is 5.19. The van der Waals surface area contributed by atoms with Crippen molar-refractivity contribution in [3.8, 4) is 11.4 Å². The second-order valence-electron chi connectivity index (χ2n) is 5.19. The highest BCUT2D eigenvalue weighted by Gasteiger charge is 2.16. The van der Waals surface area contributed by atoms with Crippen LogP contribution in [0.1, 0.15) is 13.8 Å². The Morgan fingerprint density at radius 3 is 2.58 bits per heavy atom. The molecular weight excluding hydrogens is 295 g/mol. The topological polar surface area (TPSA) is 43.6 Å². The molecule has 24 heavy (non-hydrogen) atoms. The molecule has 0 fully saturated rings. The molecule has 5 heteroatoms. The number of fused-ring (bicyclic) bond motifs is 1. The molecule has 116 valence electrons. The van der Waals surface area contributed by atoms with Crippen LogP contribution in [0.5, 0.6) is 0 Å². The largest absolute Gasteiger partial charge is 0.277 e. The van der Waals surface area contributed by atoms with Gasteiger partial charge in [0, 0.05) is 16.9 Å². The number of imidazole rings is 1. The van der Waals surface area contributed by atoms with Crippen LogP contribution in [0.3, 0.4) is 0 Å². The molecule has 3 aromatic rings. The van der Waals surface area contributed by atoms with E-state index in [9.17, 15) is 0 Å². The van der Waals surface area contributed by atoms with Crippen LogP contribution in [0.15, 0.2) is 67.0 Å². The Kier molecular flexibility index (Phi) is 4.70. The maximum atomic E-state index is 6.01. The van der Waals surface area contributed by atoms with Crippen molar-refractivity contribution in [1.82, 2.24) is 19.5 Å². The first kappa shape index (κ1) is 15.9. The first-order valence-electron chi connectivity index (χ1n) is 7.76. The zero-order valence-corrected chi connectivity index (χ0v) is 13.7. The highest BCUT2D eigenvalue weighted by Crippen LogP contribution is 2.26. The number of benzene rings is 1. The summed E-state index contributed by atoms with van der Waals surface area (Å²) in [7, 11) is 6.01. The summed E-state index contributed by atoms with van der Waals surface area (Å²) in [6, 6.07) is 9.99. The van der Waals surface area contributed by atoms with Crippen molar-refractivity contribution in [1.29, 1.82) is 0 Å². The lowest BCUT2D eigenvalue weighted by Gasteiger charge is -2.09. The minimum atomic E-state index is 0.377. The fourth-order valence-electron chi connectivity index (χ4n) is 2.51. The SMILES string of the molecule is [B]c1ncnc2c1nc(-c1ccccc1)n2C(/C=C\C)=C/C=C\C. The molecule has 0 spiro atoms. The Morgan fingerprint density at radius 1 is 1.08 bits per heavy atom. The van der Waals surface area contributed by atoms with E-state index in [1.165, 1.54) is 6.33 Å². The van der Waals surface area contributed by atoms with Gasteiger partial charge in [0.05, 0.1) is 0 Å². The molecule has 0 saturated carbocycles. The van der Waals surface area contributed by atoms with Crippen molar-refractivity contribution in [2.24, 2.45) is 0 Å². The summed E-state index contributed by atoms with van der Waals surface area (Å²) in [5.74, 6) is 0.784. The first-order chi connectivity index (χ1) is 11.8. The molecule has 2 aromatic heterocycles. The quantitative estimate of drug-likeness (QED) is 0.548. The van der Waals surface area contributed by atoms with Crippen LogP contribution in [0.2, 0.25) is 0 Å². The van der Waals surface area contributed by atoms with E-state index in [0.29, 0.717) is 16.8 Å². The van der Waals surface area contributed by atoms with Gasteiger partial charge < -0.3 is 0 Å². The van der Waals surface area contributed by atoms with E-state index in [0.717, 1.165) is 17.1 Å². The van der Waals surface area contributed by atoms with E-state index >= 15 is 0 Å². The summed E-state index contributed by atoms with van der Waals surface area (Å²) < 4.78 is 2.00. The molecule has 0 saturated heterocycles. The molecule has 0 aliphatic rings. The molecule has 1 aromatic carbocycles. The molecule has 0 unspecified atom stereocenters. The zero-order valence-electron chi connectivity index (χ0n) is 13.7. The summed E-state index contributed by atoms with van der Waals surface area (Å²) in [6.45, 7) is 3.96. The smallest absolute Gasteiger partial charge is 0.167 e. The Bertz CT molecular complexity index is 937. The van der Waals surface area contributed by atoms with Crippen LogP contribution < -0.4 is 5.59 Å². The van der Waals surface area contributed by atoms with Crippen LogP contribution in [0, 0.1) is 0 Å². The van der Waals surface area contributed by atoms with Crippen molar-refractivity contribution >= 4 is 30.3 Å². The van der Waals surface area contributed by atoms with Crippen molar-refractivity contribution < 1.29 is 0 Å². The van der Waals surface area contributed by atoms with Crippen LogP contribution in [0.4, 0.5) is 0 Å². The maximum absolute atomic E-state index is 6.01. The fraction of sp³-hybridized carbons (Fsp3) is 0.105. The van der Waals surface area contributed by atoms with Gasteiger partial charge in [0.25, 0.3) is 0 Å². The predicted octanol–water partition coefficient (Wildman–Crippen LogP) is 3.28. The highest BCUT2D eigenvalue weighted by atomic mass is 15.1. The van der Waals surface area contributed by atoms with Gasteiger partial charge in [-0.1, -0.05) is 48.6 Å². The molecule has 4 nitrogen and oxygen atoms in total. The van der Waals surface area contributed by atoms with Gasteiger partial charge in [0.2, 0.25) is 0 Å². The second kappa shape index (κ2) is 7.09. The third-order valence-electron chi connectivity index (χ3n) is 3.56. The molecule has 0 bridgehead atoms. The molecular formula is C19H17BN4. The number of hydrogen-bond acceptors (Lipinski definition) is 3. The predicted molar refractivity (Wildman–Crippen MR) is 100 cm³/mol. The number of allylic oxidation sites excluding steroid dienone is 6. The van der Waals surface area contributed by atoms with Crippen LogP contribution in [0.25, 0.3) is 28.2 Å². The van der Waals surface area contributed by atoms with Crippen LogP contribution in [-0.4, -0.2) is 27.4 Å². The lowest BCUT2D eigenvalue weighted by Crippen LogP contribution is -2.10. The van der Waals surface area contributed by atoms with E-state index in [2.05, 4.69) is 9.97 Å². The summed E-state index contributed by atoms with van der Waals surface area (Å²) in [5.41, 5.74) is 3.62. The van der Waals surface area contributed by atoms with Gasteiger partial charge in [0.1, 0.15) is 25.5 Å². The Balaban J connectivity index is 2.37. The van der Waals surface area contributed by atoms with E-state index in [4.69, 9.17) is 12.8 Å². The third-order valence-corrected chi connectivity index (χ3v) is 3.56. The van der Waals surface area contributed by atoms with Crippen LogP contribution >= 0.6 is 0 Å². The van der Waals surface area contributed by atoms with E-state index in [1.807, 2.05) is 79.1 Å². The molecule has 2 radical (unpaired) electrons. The van der Waals surface area contributed by atoms with Crippen molar-refractivity contribution in [2.45, 2.75) is 13.8 Å². The Labute approximate surface area is 142 Å². The van der Waals surface area contributed by atoms with E-state index in [-0.39, 0.29) is 0 Å². The van der Waals surface area contributed by atoms with Crippen molar-refractivity contribution in [2.75, 3.05) is 0 Å². The molecule has 0 amide bonds. The molecule has 0 aliphatic heterocycles. The van der Waals surface area contributed by atoms with Gasteiger partial charge in [-0.15, -0.1) is 0 Å². The van der Waals surface area contributed by atoms with Crippen molar-refractivity contribution in [3.63, 3.8) is 0 Å². The van der Waals surface area contributed by atoms with E-state index < -0.39 is 0 Å². The summed E-state index contributed by atoms with van der Waals surface area (Å²) in [6.07, 6.45) is 11.5. The average Bonchev–Trinajstić information content (AvgIpc) is 3.00. The molecule has 0 aliphatic carbocycles. The lowest BCUT2D eigenvalue weighted by molar-refractivity contribution is 1.10. The number of aromatic nitrogens is 4. The van der Waals surface area contributed by atoms with Gasteiger partial charge in [-0.05, 0) is 26.0 Å².